The quantitative estimate of drug-likeness (QED) is 0.745. The number of hydrogen-bond acceptors (Lipinski definition) is 6. The van der Waals surface area contributed by atoms with Gasteiger partial charge in [0.25, 0.3) is 0 Å². The molecule has 1 heterocycles. The van der Waals surface area contributed by atoms with Crippen molar-refractivity contribution < 1.29 is 14.2 Å². The van der Waals surface area contributed by atoms with Crippen LogP contribution >= 0.6 is 0 Å². The van der Waals surface area contributed by atoms with Gasteiger partial charge in [-0.3, -0.25) is 0 Å². The molecule has 0 radical (unpaired) electrons. The number of nitriles is 1. The molecular formula is C22H25N3O3. The van der Waals surface area contributed by atoms with Gasteiger partial charge < -0.3 is 14.2 Å². The topological polar surface area (TPSA) is 77.3 Å². The Morgan fingerprint density at radius 1 is 1.14 bits per heavy atom. The van der Waals surface area contributed by atoms with E-state index < -0.39 is 0 Å². The van der Waals surface area contributed by atoms with E-state index in [1.54, 1.807) is 20.3 Å². The highest BCUT2D eigenvalue weighted by molar-refractivity contribution is 5.41. The van der Waals surface area contributed by atoms with Gasteiger partial charge in [-0.05, 0) is 37.5 Å². The molecule has 0 spiro atoms. The monoisotopic (exact) mass is 379 g/mol. The number of aromatic nitrogens is 2. The van der Waals surface area contributed by atoms with Crippen LogP contribution in [0.25, 0.3) is 0 Å². The molecule has 2 aromatic rings. The van der Waals surface area contributed by atoms with Crippen LogP contribution in [0.2, 0.25) is 0 Å². The van der Waals surface area contributed by atoms with Gasteiger partial charge in [0.2, 0.25) is 11.8 Å². The molecule has 0 aliphatic heterocycles. The zero-order valence-electron chi connectivity index (χ0n) is 16.7. The zero-order valence-corrected chi connectivity index (χ0v) is 16.7. The average Bonchev–Trinajstić information content (AvgIpc) is 2.72. The molecule has 6 heteroatoms. The van der Waals surface area contributed by atoms with E-state index in [9.17, 15) is 5.26 Å². The van der Waals surface area contributed by atoms with Gasteiger partial charge in [-0.2, -0.15) is 5.26 Å². The summed E-state index contributed by atoms with van der Waals surface area (Å²) in [4.78, 5) is 8.43. The highest BCUT2D eigenvalue weighted by Gasteiger charge is 2.20. The van der Waals surface area contributed by atoms with Crippen LogP contribution in [-0.4, -0.2) is 24.2 Å². The predicted octanol–water partition coefficient (Wildman–Crippen LogP) is 4.76. The van der Waals surface area contributed by atoms with Crippen molar-refractivity contribution in [2.24, 2.45) is 5.92 Å². The van der Waals surface area contributed by atoms with Crippen molar-refractivity contribution in [2.45, 2.75) is 26.7 Å². The molecule has 6 nitrogen and oxygen atoms in total. The summed E-state index contributed by atoms with van der Waals surface area (Å²) in [6, 6.07) is 10.1. The first kappa shape index (κ1) is 21.1. The Hall–Kier alpha value is -3.17. The standard InChI is InChI=1S/C20H19N3O2.C2H6O/c1-3-15-8-4-6-10-17(15)24-19-14(2)20(23-13-22-19)25-18-11-7-5-9-16(18)12-21;1-3-2/h4-8,10-11,13,16H,3,9H2,1-2H3;1-2H3. The van der Waals surface area contributed by atoms with Gasteiger partial charge >= 0.3 is 0 Å². The molecule has 1 aliphatic carbocycles. The number of nitrogens with zero attached hydrogens (tertiary/aromatic N) is 3. The molecule has 1 aromatic carbocycles. The normalized spacial score (nSPS) is 15.0. The van der Waals surface area contributed by atoms with Crippen molar-refractivity contribution in [2.75, 3.05) is 14.2 Å². The van der Waals surface area contributed by atoms with Crippen LogP contribution in [-0.2, 0) is 11.2 Å². The van der Waals surface area contributed by atoms with Crippen molar-refractivity contribution in [3.63, 3.8) is 0 Å². The Kier molecular flexibility index (Phi) is 8.19. The zero-order chi connectivity index (χ0) is 20.4. The second kappa shape index (κ2) is 10.9. The molecule has 0 amide bonds. The minimum absolute atomic E-state index is 0.301. The van der Waals surface area contributed by atoms with Gasteiger partial charge in [-0.25, -0.2) is 9.97 Å². The molecule has 1 aromatic heterocycles. The summed E-state index contributed by atoms with van der Waals surface area (Å²) in [5.41, 5.74) is 1.80. The first-order valence-electron chi connectivity index (χ1n) is 9.06. The van der Waals surface area contributed by atoms with E-state index >= 15 is 0 Å². The average molecular weight is 379 g/mol. The Morgan fingerprint density at radius 3 is 2.50 bits per heavy atom. The lowest BCUT2D eigenvalue weighted by molar-refractivity contribution is 0.277. The fourth-order valence-electron chi connectivity index (χ4n) is 2.57. The van der Waals surface area contributed by atoms with Crippen LogP contribution in [0.4, 0.5) is 0 Å². The van der Waals surface area contributed by atoms with E-state index in [1.165, 1.54) is 6.33 Å². The van der Waals surface area contributed by atoms with Crippen molar-refractivity contribution in [1.82, 2.24) is 9.97 Å². The predicted molar refractivity (Wildman–Crippen MR) is 107 cm³/mol. The van der Waals surface area contributed by atoms with Crippen LogP contribution in [0.5, 0.6) is 17.5 Å². The van der Waals surface area contributed by atoms with E-state index in [4.69, 9.17) is 9.47 Å². The first-order chi connectivity index (χ1) is 13.6. The SMILES string of the molecule is CCc1ccccc1Oc1ncnc(OC2=CC=CCC2C#N)c1C.COC. The highest BCUT2D eigenvalue weighted by atomic mass is 16.5. The lowest BCUT2D eigenvalue weighted by Gasteiger charge is -2.17. The van der Waals surface area contributed by atoms with E-state index in [2.05, 4.69) is 27.7 Å². The largest absolute Gasteiger partial charge is 0.441 e. The highest BCUT2D eigenvalue weighted by Crippen LogP contribution is 2.31. The van der Waals surface area contributed by atoms with Gasteiger partial charge in [0, 0.05) is 14.2 Å². The number of allylic oxidation sites excluding steroid dienone is 4. The number of rotatable bonds is 5. The van der Waals surface area contributed by atoms with Crippen LogP contribution in [0, 0.1) is 24.2 Å². The number of benzene rings is 1. The number of hydrogen-bond donors (Lipinski definition) is 0. The maximum atomic E-state index is 9.25. The smallest absolute Gasteiger partial charge is 0.229 e. The third-order valence-electron chi connectivity index (χ3n) is 4.03. The molecule has 0 bridgehead atoms. The lowest BCUT2D eigenvalue weighted by Crippen LogP contribution is -2.11. The van der Waals surface area contributed by atoms with Gasteiger partial charge in [0.15, 0.2) is 0 Å². The molecule has 0 saturated heterocycles. The Balaban J connectivity index is 0.000000878. The first-order valence-corrected chi connectivity index (χ1v) is 9.06. The van der Waals surface area contributed by atoms with Crippen molar-refractivity contribution in [3.05, 3.63) is 65.7 Å². The second-order valence-electron chi connectivity index (χ2n) is 6.10. The summed E-state index contributed by atoms with van der Waals surface area (Å²) in [5, 5.41) is 9.25. The molecule has 146 valence electrons. The molecule has 0 saturated carbocycles. The van der Waals surface area contributed by atoms with Crippen molar-refractivity contribution in [3.8, 4) is 23.6 Å². The van der Waals surface area contributed by atoms with Crippen molar-refractivity contribution >= 4 is 0 Å². The Morgan fingerprint density at radius 2 is 1.82 bits per heavy atom. The summed E-state index contributed by atoms with van der Waals surface area (Å²) < 4.78 is 16.1. The molecule has 1 atom stereocenters. The third kappa shape index (κ3) is 5.41. The second-order valence-corrected chi connectivity index (χ2v) is 6.10. The Bertz CT molecular complexity index is 885. The van der Waals surface area contributed by atoms with Gasteiger partial charge in [0.05, 0.1) is 11.6 Å². The number of para-hydroxylation sites is 1. The molecule has 1 unspecified atom stereocenters. The summed E-state index contributed by atoms with van der Waals surface area (Å²) in [5.74, 6) is 1.91. The molecule has 28 heavy (non-hydrogen) atoms. The molecular weight excluding hydrogens is 354 g/mol. The van der Waals surface area contributed by atoms with E-state index in [-0.39, 0.29) is 5.92 Å². The van der Waals surface area contributed by atoms with E-state index in [1.807, 2.05) is 43.3 Å². The number of ether oxygens (including phenoxy) is 3. The molecule has 0 fully saturated rings. The third-order valence-corrected chi connectivity index (χ3v) is 4.03. The van der Waals surface area contributed by atoms with Crippen LogP contribution in [0.1, 0.15) is 24.5 Å². The van der Waals surface area contributed by atoms with Crippen LogP contribution in [0.15, 0.2) is 54.6 Å². The fourth-order valence-corrected chi connectivity index (χ4v) is 2.57. The van der Waals surface area contributed by atoms with Gasteiger partial charge in [-0.15, -0.1) is 0 Å². The minimum atomic E-state index is -0.301. The summed E-state index contributed by atoms with van der Waals surface area (Å²) in [6.45, 7) is 3.93. The summed E-state index contributed by atoms with van der Waals surface area (Å²) in [7, 11) is 3.25. The van der Waals surface area contributed by atoms with Crippen molar-refractivity contribution in [1.29, 1.82) is 5.26 Å². The van der Waals surface area contributed by atoms with Crippen LogP contribution < -0.4 is 9.47 Å². The van der Waals surface area contributed by atoms with Gasteiger partial charge in [0.1, 0.15) is 23.8 Å². The molecule has 1 aliphatic rings. The maximum absolute atomic E-state index is 9.25. The van der Waals surface area contributed by atoms with E-state index in [0.717, 1.165) is 17.7 Å². The fraction of sp³-hybridized carbons (Fsp3) is 0.318. The van der Waals surface area contributed by atoms with Crippen LogP contribution in [0.3, 0.4) is 0 Å². The Labute approximate surface area is 166 Å². The van der Waals surface area contributed by atoms with E-state index in [0.29, 0.717) is 29.5 Å². The summed E-state index contributed by atoms with van der Waals surface area (Å²) >= 11 is 0. The summed E-state index contributed by atoms with van der Waals surface area (Å²) in [6.07, 6.45) is 8.55. The lowest BCUT2D eigenvalue weighted by atomic mass is 10.0. The van der Waals surface area contributed by atoms with Gasteiger partial charge in [-0.1, -0.05) is 37.3 Å². The maximum Gasteiger partial charge on any atom is 0.229 e. The molecule has 3 rings (SSSR count). The minimum Gasteiger partial charge on any atom is -0.441 e. The number of aryl methyl sites for hydroxylation is 1. The molecule has 0 N–H and O–H groups in total. The number of methoxy groups -OCH3 is 1.